The molecule has 15 heavy (non-hydrogen) atoms. The van der Waals surface area contributed by atoms with Crippen molar-refractivity contribution in [3.63, 3.8) is 0 Å². The van der Waals surface area contributed by atoms with Gasteiger partial charge in [0.05, 0.1) is 0 Å². The molecule has 1 aliphatic rings. The molecule has 0 heterocycles. The third kappa shape index (κ3) is 3.40. The van der Waals surface area contributed by atoms with Crippen molar-refractivity contribution in [2.75, 3.05) is 0 Å². The van der Waals surface area contributed by atoms with Gasteiger partial charge >= 0.3 is 6.16 Å². The molecule has 1 aliphatic carbocycles. The standard InChI is InChI=1S/C12H21O3/c1-8(2)10-6-5-9(3)7-11(10)15-12(13)14-4/h8-11H,4-7H2,1-3H3. The van der Waals surface area contributed by atoms with E-state index in [4.69, 9.17) is 4.74 Å². The van der Waals surface area contributed by atoms with Gasteiger partial charge in [0, 0.05) is 0 Å². The Kier molecular flexibility index (Phi) is 4.43. The van der Waals surface area contributed by atoms with Crippen LogP contribution in [0, 0.1) is 24.9 Å². The smallest absolute Gasteiger partial charge is 0.431 e. The molecule has 1 saturated carbocycles. The van der Waals surface area contributed by atoms with Crippen molar-refractivity contribution in [1.29, 1.82) is 0 Å². The van der Waals surface area contributed by atoms with Gasteiger partial charge in [0.15, 0.2) is 0 Å². The molecule has 0 aromatic carbocycles. The van der Waals surface area contributed by atoms with E-state index in [1.807, 2.05) is 0 Å². The minimum atomic E-state index is -0.653. The third-order valence-corrected chi connectivity index (χ3v) is 3.33. The summed E-state index contributed by atoms with van der Waals surface area (Å²) in [5.74, 6) is 1.63. The first-order valence-electron chi connectivity index (χ1n) is 5.67. The largest absolute Gasteiger partial charge is 0.508 e. The molecule has 0 aliphatic heterocycles. The zero-order chi connectivity index (χ0) is 11.4. The van der Waals surface area contributed by atoms with E-state index in [0.717, 1.165) is 12.8 Å². The summed E-state index contributed by atoms with van der Waals surface area (Å²) < 4.78 is 9.57. The van der Waals surface area contributed by atoms with Crippen LogP contribution < -0.4 is 0 Å². The minimum absolute atomic E-state index is 0.00278. The maximum absolute atomic E-state index is 11.0. The molecule has 3 atom stereocenters. The number of hydrogen-bond donors (Lipinski definition) is 0. The molecule has 0 amide bonds. The second kappa shape index (κ2) is 5.38. The molecular weight excluding hydrogens is 192 g/mol. The third-order valence-electron chi connectivity index (χ3n) is 3.33. The van der Waals surface area contributed by atoms with Crippen LogP contribution in [0.3, 0.4) is 0 Å². The van der Waals surface area contributed by atoms with Crippen molar-refractivity contribution in [3.8, 4) is 0 Å². The van der Waals surface area contributed by atoms with E-state index in [-0.39, 0.29) is 6.10 Å². The van der Waals surface area contributed by atoms with E-state index < -0.39 is 6.16 Å². The lowest BCUT2D eigenvalue weighted by atomic mass is 9.75. The van der Waals surface area contributed by atoms with E-state index in [1.165, 1.54) is 6.42 Å². The number of carbonyl (C=O) groups excluding carboxylic acids is 1. The Morgan fingerprint density at radius 3 is 2.60 bits per heavy atom. The van der Waals surface area contributed by atoms with Gasteiger partial charge in [-0.25, -0.2) is 4.79 Å². The van der Waals surface area contributed by atoms with Gasteiger partial charge in [-0.2, -0.15) is 0 Å². The summed E-state index contributed by atoms with van der Waals surface area (Å²) in [6.45, 7) is 6.54. The van der Waals surface area contributed by atoms with Gasteiger partial charge in [0.1, 0.15) is 13.2 Å². The topological polar surface area (TPSA) is 35.5 Å². The van der Waals surface area contributed by atoms with Crippen LogP contribution in [0.1, 0.15) is 40.0 Å². The molecule has 3 nitrogen and oxygen atoms in total. The lowest BCUT2D eigenvalue weighted by molar-refractivity contribution is -0.0206. The summed E-state index contributed by atoms with van der Waals surface area (Å²) in [6, 6.07) is 0. The quantitative estimate of drug-likeness (QED) is 0.659. The SMILES string of the molecule is [CH2]OC(=O)OC1CC(C)CCC1C(C)C. The lowest BCUT2D eigenvalue weighted by Crippen LogP contribution is -2.35. The molecule has 0 aromatic rings. The summed E-state index contributed by atoms with van der Waals surface area (Å²) in [7, 11) is 3.07. The van der Waals surface area contributed by atoms with Crippen molar-refractivity contribution in [2.45, 2.75) is 46.1 Å². The Balaban J connectivity index is 2.57. The van der Waals surface area contributed by atoms with Crippen LogP contribution in [0.15, 0.2) is 0 Å². The number of carbonyl (C=O) groups is 1. The summed E-state index contributed by atoms with van der Waals surface area (Å²) in [5, 5.41) is 0. The fourth-order valence-corrected chi connectivity index (χ4v) is 2.41. The highest BCUT2D eigenvalue weighted by atomic mass is 16.7. The summed E-state index contributed by atoms with van der Waals surface area (Å²) in [6.07, 6.45) is 2.65. The second-order valence-electron chi connectivity index (χ2n) is 4.88. The van der Waals surface area contributed by atoms with Crippen molar-refractivity contribution in [3.05, 3.63) is 7.11 Å². The van der Waals surface area contributed by atoms with Crippen LogP contribution in [-0.4, -0.2) is 12.3 Å². The molecule has 1 rings (SSSR count). The maximum atomic E-state index is 11.0. The summed E-state index contributed by atoms with van der Waals surface area (Å²) in [4.78, 5) is 11.0. The molecule has 3 unspecified atom stereocenters. The molecule has 0 spiro atoms. The van der Waals surface area contributed by atoms with E-state index in [1.54, 1.807) is 0 Å². The van der Waals surface area contributed by atoms with Crippen LogP contribution >= 0.6 is 0 Å². The predicted octanol–water partition coefficient (Wildman–Crippen LogP) is 3.39. The summed E-state index contributed by atoms with van der Waals surface area (Å²) in [5.41, 5.74) is 0. The Bertz CT molecular complexity index is 213. The van der Waals surface area contributed by atoms with Gasteiger partial charge < -0.3 is 9.47 Å². The van der Waals surface area contributed by atoms with E-state index in [9.17, 15) is 4.79 Å². The van der Waals surface area contributed by atoms with Gasteiger partial charge in [-0.15, -0.1) is 0 Å². The van der Waals surface area contributed by atoms with Crippen molar-refractivity contribution in [2.24, 2.45) is 17.8 Å². The fraction of sp³-hybridized carbons (Fsp3) is 0.833. The van der Waals surface area contributed by atoms with Crippen LogP contribution in [0.2, 0.25) is 0 Å². The van der Waals surface area contributed by atoms with E-state index in [2.05, 4.69) is 32.6 Å². The Hall–Kier alpha value is -0.730. The molecule has 87 valence electrons. The fourth-order valence-electron chi connectivity index (χ4n) is 2.41. The highest BCUT2D eigenvalue weighted by Crippen LogP contribution is 2.35. The zero-order valence-electron chi connectivity index (χ0n) is 9.86. The van der Waals surface area contributed by atoms with Crippen molar-refractivity contribution < 1.29 is 14.3 Å². The van der Waals surface area contributed by atoms with Crippen LogP contribution in [-0.2, 0) is 9.47 Å². The Labute approximate surface area is 92.1 Å². The zero-order valence-corrected chi connectivity index (χ0v) is 9.86. The molecule has 0 bridgehead atoms. The van der Waals surface area contributed by atoms with Gasteiger partial charge in [-0.3, -0.25) is 0 Å². The van der Waals surface area contributed by atoms with Gasteiger partial charge in [-0.05, 0) is 30.6 Å². The van der Waals surface area contributed by atoms with Crippen LogP contribution in [0.5, 0.6) is 0 Å². The highest BCUT2D eigenvalue weighted by Gasteiger charge is 2.33. The molecule has 3 heteroatoms. The van der Waals surface area contributed by atoms with Gasteiger partial charge in [0.25, 0.3) is 0 Å². The number of ether oxygens (including phenoxy) is 2. The average molecular weight is 213 g/mol. The van der Waals surface area contributed by atoms with Crippen molar-refractivity contribution >= 4 is 6.16 Å². The first-order valence-corrected chi connectivity index (χ1v) is 5.67. The highest BCUT2D eigenvalue weighted by molar-refractivity contribution is 5.60. The maximum Gasteiger partial charge on any atom is 0.508 e. The molecule has 1 radical (unpaired) electrons. The van der Waals surface area contributed by atoms with Crippen molar-refractivity contribution in [1.82, 2.24) is 0 Å². The molecular formula is C12H21O3. The van der Waals surface area contributed by atoms with Gasteiger partial charge in [0.2, 0.25) is 0 Å². The van der Waals surface area contributed by atoms with Crippen LogP contribution in [0.25, 0.3) is 0 Å². The predicted molar refractivity (Wildman–Crippen MR) is 58.1 cm³/mol. The number of rotatable bonds is 2. The number of hydrogen-bond acceptors (Lipinski definition) is 3. The molecule has 0 saturated heterocycles. The first kappa shape index (κ1) is 12.3. The van der Waals surface area contributed by atoms with Crippen LogP contribution in [0.4, 0.5) is 4.79 Å². The van der Waals surface area contributed by atoms with E-state index >= 15 is 0 Å². The molecule has 0 aromatic heterocycles. The first-order chi connectivity index (χ1) is 7.04. The molecule has 1 fully saturated rings. The minimum Gasteiger partial charge on any atom is -0.431 e. The normalized spacial score (nSPS) is 31.4. The average Bonchev–Trinajstić information content (AvgIpc) is 2.17. The van der Waals surface area contributed by atoms with Gasteiger partial charge in [-0.1, -0.05) is 27.2 Å². The monoisotopic (exact) mass is 213 g/mol. The Morgan fingerprint density at radius 2 is 2.07 bits per heavy atom. The Morgan fingerprint density at radius 1 is 1.40 bits per heavy atom. The summed E-state index contributed by atoms with van der Waals surface area (Å²) >= 11 is 0. The second-order valence-corrected chi connectivity index (χ2v) is 4.88. The lowest BCUT2D eigenvalue weighted by Gasteiger charge is -2.36. The molecule has 0 N–H and O–H groups in total. The van der Waals surface area contributed by atoms with E-state index in [0.29, 0.717) is 17.8 Å².